The molecule has 1 aromatic heterocycles. The molecule has 1 aromatic rings. The number of carbonyl (C=O) groups excluding carboxylic acids is 1. The molecule has 5 N–H and O–H groups in total. The number of carbonyl (C=O) groups is 2. The van der Waals surface area contributed by atoms with Crippen LogP contribution < -0.4 is 11.1 Å². The third kappa shape index (κ3) is 4.49. The fraction of sp³-hybridized carbons (Fsp3) is 0.556. The molecule has 1 heterocycles. The van der Waals surface area contributed by atoms with E-state index in [-0.39, 0.29) is 24.2 Å². The number of nitrogens with one attached hydrogen (secondary N) is 2. The van der Waals surface area contributed by atoms with Crippen LogP contribution in [0.1, 0.15) is 36.8 Å². The molecule has 0 aliphatic rings. The van der Waals surface area contributed by atoms with Gasteiger partial charge in [-0.3, -0.25) is 14.7 Å². The minimum absolute atomic E-state index is 0.00804. The smallest absolute Gasteiger partial charge is 0.303 e. The first-order valence-corrected chi connectivity index (χ1v) is 5.19. The fourth-order valence-electron chi connectivity index (χ4n) is 1.30. The number of aromatic nitrogens is 3. The van der Waals surface area contributed by atoms with Crippen molar-refractivity contribution < 1.29 is 14.7 Å². The highest BCUT2D eigenvalue weighted by Crippen LogP contribution is 2.02. The van der Waals surface area contributed by atoms with Crippen molar-refractivity contribution in [1.82, 2.24) is 20.5 Å². The second kappa shape index (κ2) is 5.83. The monoisotopic (exact) mass is 241 g/mol. The maximum Gasteiger partial charge on any atom is 0.303 e. The highest BCUT2D eigenvalue weighted by atomic mass is 16.4. The molecule has 0 aliphatic carbocycles. The Balaban J connectivity index is 2.33. The van der Waals surface area contributed by atoms with Crippen LogP contribution in [0.15, 0.2) is 0 Å². The molecule has 0 radical (unpaired) electrons. The summed E-state index contributed by atoms with van der Waals surface area (Å²) >= 11 is 0. The van der Waals surface area contributed by atoms with Crippen molar-refractivity contribution in [3.8, 4) is 0 Å². The predicted molar refractivity (Wildman–Crippen MR) is 59.2 cm³/mol. The Labute approximate surface area is 97.6 Å². The third-order valence-corrected chi connectivity index (χ3v) is 2.12. The Hall–Kier alpha value is -2.12. The van der Waals surface area contributed by atoms with Crippen LogP contribution in [0, 0.1) is 0 Å². The minimum Gasteiger partial charge on any atom is -0.481 e. The van der Waals surface area contributed by atoms with Gasteiger partial charge in [-0.25, -0.2) is 0 Å². The highest BCUT2D eigenvalue weighted by Gasteiger charge is 2.13. The first-order chi connectivity index (χ1) is 7.99. The van der Waals surface area contributed by atoms with Crippen molar-refractivity contribution in [1.29, 1.82) is 0 Å². The van der Waals surface area contributed by atoms with Crippen molar-refractivity contribution in [3.63, 3.8) is 0 Å². The van der Waals surface area contributed by atoms with Crippen LogP contribution in [0.5, 0.6) is 0 Å². The molecular weight excluding hydrogens is 226 g/mol. The van der Waals surface area contributed by atoms with Gasteiger partial charge in [-0.15, -0.1) is 5.10 Å². The summed E-state index contributed by atoms with van der Waals surface area (Å²) in [6, 6.07) is -0.131. The zero-order valence-electron chi connectivity index (χ0n) is 9.43. The molecule has 0 spiro atoms. The van der Waals surface area contributed by atoms with Gasteiger partial charge in [-0.05, 0) is 19.8 Å². The van der Waals surface area contributed by atoms with E-state index in [0.717, 1.165) is 0 Å². The summed E-state index contributed by atoms with van der Waals surface area (Å²) in [5, 5.41) is 17.1. The van der Waals surface area contributed by atoms with Gasteiger partial charge in [0.1, 0.15) is 0 Å². The number of nitrogens with two attached hydrogens (primary N) is 1. The number of H-pyrrole nitrogens is 1. The van der Waals surface area contributed by atoms with Crippen molar-refractivity contribution >= 4 is 17.8 Å². The Bertz CT molecular complexity index is 403. The lowest BCUT2D eigenvalue weighted by Crippen LogP contribution is -2.33. The number of aromatic amines is 1. The first-order valence-electron chi connectivity index (χ1n) is 5.19. The molecule has 17 heavy (non-hydrogen) atoms. The zero-order chi connectivity index (χ0) is 12.8. The first kappa shape index (κ1) is 12.9. The Kier molecular flexibility index (Phi) is 4.44. The largest absolute Gasteiger partial charge is 0.481 e. The van der Waals surface area contributed by atoms with Crippen LogP contribution in [0.2, 0.25) is 0 Å². The van der Waals surface area contributed by atoms with Gasteiger partial charge in [0.15, 0.2) is 0 Å². The summed E-state index contributed by atoms with van der Waals surface area (Å²) in [5.41, 5.74) is 5.26. The molecule has 0 bridgehead atoms. The minimum atomic E-state index is -0.841. The summed E-state index contributed by atoms with van der Waals surface area (Å²) in [4.78, 5) is 25.5. The lowest BCUT2D eigenvalue weighted by Gasteiger charge is -2.11. The van der Waals surface area contributed by atoms with Crippen molar-refractivity contribution in [3.05, 3.63) is 5.82 Å². The standard InChI is InChI=1S/C9H15N5O3/c1-5(3-2-4-6(15)16)11-8(17)7-12-9(10)14-13-7/h5H,2-4H2,1H3,(H,11,17)(H,15,16)(H3,10,12,13,14). The quantitative estimate of drug-likeness (QED) is 0.543. The zero-order valence-corrected chi connectivity index (χ0v) is 9.43. The summed E-state index contributed by atoms with van der Waals surface area (Å²) in [6.07, 6.45) is 1.19. The van der Waals surface area contributed by atoms with E-state index in [0.29, 0.717) is 12.8 Å². The van der Waals surface area contributed by atoms with Crippen LogP contribution in [0.4, 0.5) is 5.95 Å². The molecule has 0 aliphatic heterocycles. The van der Waals surface area contributed by atoms with Gasteiger partial charge < -0.3 is 16.2 Å². The molecule has 1 unspecified atom stereocenters. The molecule has 0 aromatic carbocycles. The van der Waals surface area contributed by atoms with E-state index >= 15 is 0 Å². The molecule has 0 saturated heterocycles. The second-order valence-corrected chi connectivity index (χ2v) is 3.70. The SMILES string of the molecule is CC(CCCC(=O)O)NC(=O)c1nc(N)n[nH]1. The topological polar surface area (TPSA) is 134 Å². The normalized spacial score (nSPS) is 12.1. The molecule has 1 rings (SSSR count). The van der Waals surface area contributed by atoms with E-state index in [2.05, 4.69) is 20.5 Å². The molecule has 0 fully saturated rings. The Morgan fingerprint density at radius 1 is 1.59 bits per heavy atom. The second-order valence-electron chi connectivity index (χ2n) is 3.70. The average molecular weight is 241 g/mol. The third-order valence-electron chi connectivity index (χ3n) is 2.12. The molecule has 8 nitrogen and oxygen atoms in total. The van der Waals surface area contributed by atoms with Crippen molar-refractivity contribution in [2.75, 3.05) is 5.73 Å². The van der Waals surface area contributed by atoms with E-state index in [1.165, 1.54) is 0 Å². The molecule has 1 amide bonds. The van der Waals surface area contributed by atoms with Crippen molar-refractivity contribution in [2.45, 2.75) is 32.2 Å². The highest BCUT2D eigenvalue weighted by molar-refractivity contribution is 5.90. The van der Waals surface area contributed by atoms with Gasteiger partial charge in [-0.1, -0.05) is 0 Å². The van der Waals surface area contributed by atoms with Gasteiger partial charge in [0.25, 0.3) is 5.91 Å². The van der Waals surface area contributed by atoms with Crippen LogP contribution in [0.25, 0.3) is 0 Å². The van der Waals surface area contributed by atoms with Crippen LogP contribution in [-0.4, -0.2) is 38.2 Å². The number of nitrogens with zero attached hydrogens (tertiary/aromatic N) is 2. The molecule has 94 valence electrons. The lowest BCUT2D eigenvalue weighted by atomic mass is 10.1. The van der Waals surface area contributed by atoms with Crippen LogP contribution >= 0.6 is 0 Å². The van der Waals surface area contributed by atoms with E-state index in [1.54, 1.807) is 6.92 Å². The molecule has 0 saturated carbocycles. The number of hydrogen-bond acceptors (Lipinski definition) is 5. The fourth-order valence-corrected chi connectivity index (χ4v) is 1.30. The summed E-state index contributed by atoms with van der Waals surface area (Å²) in [7, 11) is 0. The number of nitrogen functional groups attached to an aromatic ring is 1. The predicted octanol–water partition coefficient (Wildman–Crippen LogP) is -0.240. The lowest BCUT2D eigenvalue weighted by molar-refractivity contribution is -0.137. The van der Waals surface area contributed by atoms with Gasteiger partial charge in [-0.2, -0.15) is 4.98 Å². The Morgan fingerprint density at radius 3 is 2.82 bits per heavy atom. The molecule has 1 atom stereocenters. The number of rotatable bonds is 6. The van der Waals surface area contributed by atoms with Gasteiger partial charge in [0.2, 0.25) is 11.8 Å². The number of carboxylic acid groups (broad SMARTS) is 1. The molecule has 8 heteroatoms. The summed E-state index contributed by atoms with van der Waals surface area (Å²) < 4.78 is 0. The van der Waals surface area contributed by atoms with E-state index in [1.807, 2.05) is 0 Å². The van der Waals surface area contributed by atoms with E-state index < -0.39 is 11.9 Å². The van der Waals surface area contributed by atoms with Gasteiger partial charge >= 0.3 is 5.97 Å². The van der Waals surface area contributed by atoms with Crippen LogP contribution in [-0.2, 0) is 4.79 Å². The number of aliphatic carboxylic acids is 1. The number of hydrogen-bond donors (Lipinski definition) is 4. The number of carboxylic acids is 1. The van der Waals surface area contributed by atoms with Crippen LogP contribution in [0.3, 0.4) is 0 Å². The maximum absolute atomic E-state index is 11.5. The van der Waals surface area contributed by atoms with Gasteiger partial charge in [0.05, 0.1) is 0 Å². The average Bonchev–Trinajstić information content (AvgIpc) is 2.64. The van der Waals surface area contributed by atoms with E-state index in [9.17, 15) is 9.59 Å². The summed E-state index contributed by atoms with van der Waals surface area (Å²) in [5.74, 6) is -1.19. The number of anilines is 1. The maximum atomic E-state index is 11.5. The van der Waals surface area contributed by atoms with Gasteiger partial charge in [0, 0.05) is 12.5 Å². The summed E-state index contributed by atoms with van der Waals surface area (Å²) in [6.45, 7) is 1.79. The Morgan fingerprint density at radius 2 is 2.29 bits per heavy atom. The number of amides is 1. The van der Waals surface area contributed by atoms with Crippen molar-refractivity contribution in [2.24, 2.45) is 0 Å². The molecular formula is C9H15N5O3. The van der Waals surface area contributed by atoms with E-state index in [4.69, 9.17) is 10.8 Å².